The van der Waals surface area contributed by atoms with E-state index in [0.717, 1.165) is 11.0 Å². The molecule has 1 unspecified atom stereocenters. The molecule has 1 aromatic carbocycles. The number of rotatable bonds is 5. The lowest BCUT2D eigenvalue weighted by Gasteiger charge is -2.10. The summed E-state index contributed by atoms with van der Waals surface area (Å²) in [7, 11) is 0. The molecule has 2 rings (SSSR count). The number of fused-ring (bicyclic) bond motifs is 1. The molecule has 0 aliphatic carbocycles. The van der Waals surface area contributed by atoms with Crippen molar-refractivity contribution in [3.8, 4) is 5.75 Å². The van der Waals surface area contributed by atoms with Crippen molar-refractivity contribution in [2.45, 2.75) is 13.5 Å². The van der Waals surface area contributed by atoms with Crippen molar-refractivity contribution in [3.63, 3.8) is 0 Å². The summed E-state index contributed by atoms with van der Waals surface area (Å²) in [6, 6.07) is 7.67. The molecule has 0 radical (unpaired) electrons. The van der Waals surface area contributed by atoms with Crippen molar-refractivity contribution >= 4 is 11.0 Å². The van der Waals surface area contributed by atoms with Gasteiger partial charge in [0, 0.05) is 12.5 Å². The minimum Gasteiger partial charge on any atom is -0.489 e. The van der Waals surface area contributed by atoms with Crippen LogP contribution in [0.4, 0.5) is 0 Å². The number of hydrogen-bond donors (Lipinski definition) is 2. The predicted molar refractivity (Wildman–Crippen MR) is 65.9 cm³/mol. The molecule has 1 heterocycles. The molecule has 1 aromatic heterocycles. The highest BCUT2D eigenvalue weighted by molar-refractivity contribution is 5.85. The van der Waals surface area contributed by atoms with Gasteiger partial charge < -0.3 is 20.0 Å². The van der Waals surface area contributed by atoms with Gasteiger partial charge in [-0.05, 0) is 12.1 Å². The Hall–Kier alpha value is -1.52. The van der Waals surface area contributed by atoms with Crippen LogP contribution in [0.1, 0.15) is 12.7 Å². The third-order valence-electron chi connectivity index (χ3n) is 2.63. The molecule has 3 N–H and O–H groups in total. The zero-order valence-electron chi connectivity index (χ0n) is 9.85. The van der Waals surface area contributed by atoms with Crippen molar-refractivity contribution in [3.05, 3.63) is 30.0 Å². The number of hydrogen-bond acceptors (Lipinski definition) is 4. The first kappa shape index (κ1) is 12.0. The highest BCUT2D eigenvalue weighted by Gasteiger charge is 2.14. The van der Waals surface area contributed by atoms with Crippen LogP contribution in [0.25, 0.3) is 11.0 Å². The van der Waals surface area contributed by atoms with E-state index in [2.05, 4.69) is 0 Å². The van der Waals surface area contributed by atoms with Gasteiger partial charge in [-0.1, -0.05) is 19.1 Å². The fourth-order valence-electron chi connectivity index (χ4n) is 1.64. The van der Waals surface area contributed by atoms with Crippen molar-refractivity contribution in [2.75, 3.05) is 13.2 Å². The lowest BCUT2D eigenvalue weighted by Crippen LogP contribution is -2.13. The highest BCUT2D eigenvalue weighted by atomic mass is 16.5. The average Bonchev–Trinajstić information content (AvgIpc) is 2.73. The number of aliphatic hydroxyl groups excluding tert-OH is 1. The molecule has 0 amide bonds. The second kappa shape index (κ2) is 5.21. The maximum Gasteiger partial charge on any atom is 0.169 e. The molecule has 0 saturated heterocycles. The van der Waals surface area contributed by atoms with Gasteiger partial charge in [-0.3, -0.25) is 0 Å². The van der Waals surface area contributed by atoms with Crippen LogP contribution < -0.4 is 10.5 Å². The molecule has 17 heavy (non-hydrogen) atoms. The molecule has 0 bridgehead atoms. The van der Waals surface area contributed by atoms with Crippen LogP contribution in [0.5, 0.6) is 5.75 Å². The molecule has 0 aliphatic heterocycles. The number of furan rings is 1. The summed E-state index contributed by atoms with van der Waals surface area (Å²) in [5, 5.41) is 9.90. The molecular formula is C13H17NO3. The normalized spacial score (nSPS) is 12.9. The Morgan fingerprint density at radius 2 is 2.18 bits per heavy atom. The Labute approximate surface area is 100.0 Å². The molecule has 0 saturated carbocycles. The first-order valence-electron chi connectivity index (χ1n) is 5.70. The van der Waals surface area contributed by atoms with Gasteiger partial charge in [-0.15, -0.1) is 0 Å². The van der Waals surface area contributed by atoms with Gasteiger partial charge >= 0.3 is 0 Å². The van der Waals surface area contributed by atoms with E-state index in [1.54, 1.807) is 0 Å². The van der Waals surface area contributed by atoms with E-state index < -0.39 is 0 Å². The third kappa shape index (κ3) is 2.43. The summed E-state index contributed by atoms with van der Waals surface area (Å²) < 4.78 is 11.3. The van der Waals surface area contributed by atoms with Crippen LogP contribution in [-0.4, -0.2) is 18.3 Å². The molecular weight excluding hydrogens is 218 g/mol. The molecule has 0 fully saturated rings. The van der Waals surface area contributed by atoms with Gasteiger partial charge in [-0.2, -0.15) is 0 Å². The zero-order chi connectivity index (χ0) is 12.3. The van der Waals surface area contributed by atoms with E-state index in [9.17, 15) is 0 Å². The third-order valence-corrected chi connectivity index (χ3v) is 2.63. The van der Waals surface area contributed by atoms with Crippen LogP contribution in [0.3, 0.4) is 0 Å². The van der Waals surface area contributed by atoms with E-state index in [4.69, 9.17) is 20.0 Å². The van der Waals surface area contributed by atoms with Crippen LogP contribution >= 0.6 is 0 Å². The van der Waals surface area contributed by atoms with Crippen LogP contribution in [0, 0.1) is 5.92 Å². The van der Waals surface area contributed by atoms with Gasteiger partial charge in [0.05, 0.1) is 18.5 Å². The minimum atomic E-state index is 0.0919. The van der Waals surface area contributed by atoms with E-state index in [0.29, 0.717) is 24.7 Å². The minimum absolute atomic E-state index is 0.0919. The fraction of sp³-hybridized carbons (Fsp3) is 0.385. The summed E-state index contributed by atoms with van der Waals surface area (Å²) in [4.78, 5) is 0. The SMILES string of the molecule is CC(CO)COc1c(CN)oc2ccccc12. The topological polar surface area (TPSA) is 68.6 Å². The molecule has 4 heteroatoms. The molecule has 0 aliphatic rings. The molecule has 2 aromatic rings. The zero-order valence-corrected chi connectivity index (χ0v) is 9.85. The Bertz CT molecular complexity index is 492. The second-order valence-electron chi connectivity index (χ2n) is 4.15. The highest BCUT2D eigenvalue weighted by Crippen LogP contribution is 2.32. The first-order valence-corrected chi connectivity index (χ1v) is 5.70. The van der Waals surface area contributed by atoms with Crippen LogP contribution in [0.15, 0.2) is 28.7 Å². The second-order valence-corrected chi connectivity index (χ2v) is 4.15. The molecule has 92 valence electrons. The van der Waals surface area contributed by atoms with Crippen molar-refractivity contribution in [1.29, 1.82) is 0 Å². The maximum atomic E-state index is 8.98. The van der Waals surface area contributed by atoms with Crippen molar-refractivity contribution < 1.29 is 14.3 Å². The lowest BCUT2D eigenvalue weighted by atomic mass is 10.2. The summed E-state index contributed by atoms with van der Waals surface area (Å²) in [5.74, 6) is 1.44. The number of para-hydroxylation sites is 1. The van der Waals surface area contributed by atoms with E-state index in [1.165, 1.54) is 0 Å². The van der Waals surface area contributed by atoms with Gasteiger partial charge in [0.25, 0.3) is 0 Å². The summed E-state index contributed by atoms with van der Waals surface area (Å²) in [6.45, 7) is 2.78. The average molecular weight is 235 g/mol. The van der Waals surface area contributed by atoms with Crippen molar-refractivity contribution in [2.24, 2.45) is 11.7 Å². The number of nitrogens with two attached hydrogens (primary N) is 1. The number of ether oxygens (including phenoxy) is 1. The van der Waals surface area contributed by atoms with Crippen LogP contribution in [0.2, 0.25) is 0 Å². The smallest absolute Gasteiger partial charge is 0.169 e. The lowest BCUT2D eigenvalue weighted by molar-refractivity contribution is 0.173. The Kier molecular flexibility index (Phi) is 3.66. The Balaban J connectivity index is 2.30. The summed E-state index contributed by atoms with van der Waals surface area (Å²) in [6.07, 6.45) is 0. The van der Waals surface area contributed by atoms with E-state index in [-0.39, 0.29) is 12.5 Å². The van der Waals surface area contributed by atoms with Gasteiger partial charge in [-0.25, -0.2) is 0 Å². The summed E-state index contributed by atoms with van der Waals surface area (Å²) in [5.41, 5.74) is 6.41. The molecule has 4 nitrogen and oxygen atoms in total. The standard InChI is InChI=1S/C13H17NO3/c1-9(7-15)8-16-13-10-4-2-3-5-11(10)17-12(13)6-14/h2-5,9,15H,6-8,14H2,1H3. The van der Waals surface area contributed by atoms with Crippen molar-refractivity contribution in [1.82, 2.24) is 0 Å². The molecule has 1 atom stereocenters. The van der Waals surface area contributed by atoms with Crippen LogP contribution in [-0.2, 0) is 6.54 Å². The maximum absolute atomic E-state index is 8.98. The van der Waals surface area contributed by atoms with E-state index >= 15 is 0 Å². The van der Waals surface area contributed by atoms with Gasteiger partial charge in [0.2, 0.25) is 0 Å². The quantitative estimate of drug-likeness (QED) is 0.830. The fourth-order valence-corrected chi connectivity index (χ4v) is 1.64. The predicted octanol–water partition coefficient (Wildman–Crippen LogP) is 1.90. The summed E-state index contributed by atoms with van der Waals surface area (Å²) >= 11 is 0. The molecule has 0 spiro atoms. The Morgan fingerprint density at radius 1 is 1.41 bits per heavy atom. The first-order chi connectivity index (χ1) is 8.26. The van der Waals surface area contributed by atoms with Gasteiger partial charge in [0.15, 0.2) is 11.5 Å². The monoisotopic (exact) mass is 235 g/mol. The van der Waals surface area contributed by atoms with Gasteiger partial charge in [0.1, 0.15) is 5.58 Å². The number of aliphatic hydroxyl groups is 1. The largest absolute Gasteiger partial charge is 0.489 e. The number of benzene rings is 1. The Morgan fingerprint density at radius 3 is 2.88 bits per heavy atom. The van der Waals surface area contributed by atoms with E-state index in [1.807, 2.05) is 31.2 Å².